The predicted molar refractivity (Wildman–Crippen MR) is 173 cm³/mol. The fourth-order valence-electron chi connectivity index (χ4n) is 5.99. The van der Waals surface area contributed by atoms with E-state index in [1.54, 1.807) is 6.07 Å². The molecule has 2 N–H and O–H groups in total. The Kier molecular flexibility index (Phi) is 6.93. The lowest BCUT2D eigenvalue weighted by Crippen LogP contribution is -2.29. The minimum atomic E-state index is -1.61. The van der Waals surface area contributed by atoms with E-state index in [0.29, 0.717) is 11.0 Å². The van der Waals surface area contributed by atoms with Crippen molar-refractivity contribution in [2.75, 3.05) is 0 Å². The summed E-state index contributed by atoms with van der Waals surface area (Å²) in [5.41, 5.74) is 9.91. The maximum absolute atomic E-state index is 10.0. The largest absolute Gasteiger partial charge is 0.492 e. The van der Waals surface area contributed by atoms with Gasteiger partial charge in [-0.3, -0.25) is 0 Å². The molecule has 3 nitrogen and oxygen atoms in total. The van der Waals surface area contributed by atoms with Crippen LogP contribution in [-0.2, 0) is 6.42 Å². The lowest BCUT2D eigenvalue weighted by atomic mass is 9.79. The number of hydrogen-bond acceptors (Lipinski definition) is 3. The summed E-state index contributed by atoms with van der Waals surface area (Å²) in [5, 5.41) is 21.9. The second-order valence-corrected chi connectivity index (χ2v) is 10.7. The Bertz CT molecular complexity index is 1960. The highest BCUT2D eigenvalue weighted by Crippen LogP contribution is 2.38. The molecule has 7 rings (SSSR count). The number of hydrogen-bond donors (Lipinski definition) is 2. The standard InChI is InChI=1S/C38H29BO3/c40-39(41)36-16-8-15-33-32-13-7-14-34(37(32)42-38(33)36)35(31-23-21-30(22-24-31)28-11-5-2-6-12-28)25-26-17-19-29(20-18-26)27-9-3-1-4-10-27/h1-24,35,40-41H,25H2. The van der Waals surface area contributed by atoms with Crippen LogP contribution in [0.2, 0.25) is 0 Å². The number of furan rings is 1. The molecule has 0 aliphatic rings. The lowest BCUT2D eigenvalue weighted by Gasteiger charge is -2.19. The SMILES string of the molecule is OB(O)c1cccc2c1oc1c(C(Cc3ccc(-c4ccccc4)cc3)c3ccc(-c4ccccc4)cc3)cccc12. The van der Waals surface area contributed by atoms with Gasteiger partial charge >= 0.3 is 7.12 Å². The Morgan fingerprint density at radius 2 is 1.02 bits per heavy atom. The van der Waals surface area contributed by atoms with Gasteiger partial charge in [0, 0.05) is 27.7 Å². The average molecular weight is 544 g/mol. The van der Waals surface area contributed by atoms with Crippen LogP contribution in [0.15, 0.2) is 150 Å². The Labute approximate surface area is 245 Å². The Hall–Kier alpha value is -4.90. The molecule has 4 heteroatoms. The van der Waals surface area contributed by atoms with Gasteiger partial charge in [-0.15, -0.1) is 0 Å². The van der Waals surface area contributed by atoms with E-state index in [4.69, 9.17) is 4.42 Å². The first-order valence-corrected chi connectivity index (χ1v) is 14.3. The van der Waals surface area contributed by atoms with E-state index in [1.807, 2.05) is 30.3 Å². The second kappa shape index (κ2) is 11.2. The van der Waals surface area contributed by atoms with Crippen LogP contribution in [0.1, 0.15) is 22.6 Å². The van der Waals surface area contributed by atoms with Gasteiger partial charge in [0.05, 0.1) is 0 Å². The van der Waals surface area contributed by atoms with Crippen molar-refractivity contribution in [2.45, 2.75) is 12.3 Å². The maximum atomic E-state index is 10.0. The van der Waals surface area contributed by atoms with Gasteiger partial charge in [0.1, 0.15) is 11.2 Å². The molecule has 0 bridgehead atoms. The zero-order valence-corrected chi connectivity index (χ0v) is 23.0. The van der Waals surface area contributed by atoms with E-state index in [1.165, 1.54) is 33.4 Å². The molecule has 1 heterocycles. The van der Waals surface area contributed by atoms with Crippen LogP contribution in [0.4, 0.5) is 0 Å². The summed E-state index contributed by atoms with van der Waals surface area (Å²) in [6.45, 7) is 0. The molecule has 0 aliphatic carbocycles. The quantitative estimate of drug-likeness (QED) is 0.200. The van der Waals surface area contributed by atoms with Crippen LogP contribution in [-0.4, -0.2) is 17.2 Å². The van der Waals surface area contributed by atoms with E-state index in [-0.39, 0.29) is 5.92 Å². The van der Waals surface area contributed by atoms with Crippen LogP contribution >= 0.6 is 0 Å². The molecular formula is C38H29BO3. The highest BCUT2D eigenvalue weighted by molar-refractivity contribution is 6.61. The van der Waals surface area contributed by atoms with E-state index >= 15 is 0 Å². The molecule has 0 saturated heterocycles. The van der Waals surface area contributed by atoms with Crippen LogP contribution in [0.25, 0.3) is 44.2 Å². The molecule has 0 radical (unpaired) electrons. The van der Waals surface area contributed by atoms with E-state index in [2.05, 4.69) is 109 Å². The molecule has 42 heavy (non-hydrogen) atoms. The van der Waals surface area contributed by atoms with Gasteiger partial charge in [0.2, 0.25) is 0 Å². The third-order valence-electron chi connectivity index (χ3n) is 8.16. The van der Waals surface area contributed by atoms with Crippen LogP contribution < -0.4 is 5.46 Å². The summed E-state index contributed by atoms with van der Waals surface area (Å²) in [4.78, 5) is 0. The smallest absolute Gasteiger partial charge is 0.456 e. The average Bonchev–Trinajstić information content (AvgIpc) is 3.44. The Balaban J connectivity index is 1.34. The second-order valence-electron chi connectivity index (χ2n) is 10.7. The van der Waals surface area contributed by atoms with Crippen molar-refractivity contribution in [3.05, 3.63) is 162 Å². The van der Waals surface area contributed by atoms with Gasteiger partial charge in [0.15, 0.2) is 0 Å². The normalized spacial score (nSPS) is 12.0. The molecule has 0 amide bonds. The zero-order valence-electron chi connectivity index (χ0n) is 23.0. The first-order valence-electron chi connectivity index (χ1n) is 14.3. The van der Waals surface area contributed by atoms with Crippen molar-refractivity contribution in [1.29, 1.82) is 0 Å². The summed E-state index contributed by atoms with van der Waals surface area (Å²) in [7, 11) is -1.61. The minimum Gasteiger partial charge on any atom is -0.456 e. The molecule has 202 valence electrons. The molecule has 0 fully saturated rings. The summed E-state index contributed by atoms with van der Waals surface area (Å²) >= 11 is 0. The van der Waals surface area contributed by atoms with Gasteiger partial charge < -0.3 is 14.5 Å². The van der Waals surface area contributed by atoms with Crippen LogP contribution in [0.5, 0.6) is 0 Å². The van der Waals surface area contributed by atoms with Crippen molar-refractivity contribution < 1.29 is 14.5 Å². The highest BCUT2D eigenvalue weighted by atomic mass is 16.4. The summed E-state index contributed by atoms with van der Waals surface area (Å²) in [6, 6.07) is 50.2. The van der Waals surface area contributed by atoms with Crippen molar-refractivity contribution in [1.82, 2.24) is 0 Å². The summed E-state index contributed by atoms with van der Waals surface area (Å²) in [5.74, 6) is 0.0177. The van der Waals surface area contributed by atoms with Gasteiger partial charge in [-0.1, -0.05) is 146 Å². The maximum Gasteiger partial charge on any atom is 0.492 e. The van der Waals surface area contributed by atoms with E-state index in [0.717, 1.165) is 28.3 Å². The molecule has 0 spiro atoms. The Morgan fingerprint density at radius 3 is 1.62 bits per heavy atom. The molecule has 0 aliphatic heterocycles. The molecule has 1 atom stereocenters. The molecular weight excluding hydrogens is 515 g/mol. The topological polar surface area (TPSA) is 53.6 Å². The first-order chi connectivity index (χ1) is 20.7. The molecule has 0 saturated carbocycles. The van der Waals surface area contributed by atoms with Crippen molar-refractivity contribution in [2.24, 2.45) is 0 Å². The number of para-hydroxylation sites is 2. The zero-order chi connectivity index (χ0) is 28.5. The number of rotatable bonds is 7. The molecule has 1 aromatic heterocycles. The molecule has 7 aromatic rings. The first kappa shape index (κ1) is 26.0. The van der Waals surface area contributed by atoms with Crippen LogP contribution in [0, 0.1) is 0 Å². The molecule has 6 aromatic carbocycles. The lowest BCUT2D eigenvalue weighted by molar-refractivity contribution is 0.425. The third-order valence-corrected chi connectivity index (χ3v) is 8.16. The van der Waals surface area contributed by atoms with Gasteiger partial charge in [-0.25, -0.2) is 0 Å². The summed E-state index contributed by atoms with van der Waals surface area (Å²) in [6.07, 6.45) is 0.783. The highest BCUT2D eigenvalue weighted by Gasteiger charge is 2.24. The van der Waals surface area contributed by atoms with Gasteiger partial charge in [-0.05, 0) is 39.8 Å². The number of benzene rings is 6. The van der Waals surface area contributed by atoms with E-state index < -0.39 is 7.12 Å². The van der Waals surface area contributed by atoms with Crippen molar-refractivity contribution in [3.8, 4) is 22.3 Å². The van der Waals surface area contributed by atoms with Gasteiger partial charge in [0.25, 0.3) is 0 Å². The predicted octanol–water partition coefficient (Wildman–Crippen LogP) is 7.97. The third kappa shape index (κ3) is 4.92. The Morgan fingerprint density at radius 1 is 0.500 bits per heavy atom. The van der Waals surface area contributed by atoms with Crippen molar-refractivity contribution >= 4 is 34.5 Å². The van der Waals surface area contributed by atoms with Gasteiger partial charge in [-0.2, -0.15) is 0 Å². The van der Waals surface area contributed by atoms with Crippen LogP contribution in [0.3, 0.4) is 0 Å². The number of fused-ring (bicyclic) bond motifs is 3. The van der Waals surface area contributed by atoms with E-state index in [9.17, 15) is 10.0 Å². The molecule has 1 unspecified atom stereocenters. The fraction of sp³-hybridized carbons (Fsp3) is 0.0526. The fourth-order valence-corrected chi connectivity index (χ4v) is 5.99. The van der Waals surface area contributed by atoms with Crippen molar-refractivity contribution in [3.63, 3.8) is 0 Å². The summed E-state index contributed by atoms with van der Waals surface area (Å²) < 4.78 is 6.47. The minimum absolute atomic E-state index is 0.0177. The monoisotopic (exact) mass is 544 g/mol.